The summed E-state index contributed by atoms with van der Waals surface area (Å²) in [7, 11) is 1.76. The van der Waals surface area contributed by atoms with Crippen LogP contribution in [0, 0.1) is 0 Å². The minimum atomic E-state index is -0.123. The molecule has 7 nitrogen and oxygen atoms in total. The second-order valence-corrected chi connectivity index (χ2v) is 6.75. The fraction of sp³-hybridized carbons (Fsp3) is 0.111. The SMILES string of the molecule is CN(Cc1ccccc1)C(=O)c1cc(N)n2nc(-c3nccs3)nc2c1. The third kappa shape index (κ3) is 3.02. The standard InChI is InChI=1S/C18H16N6OS/c1-23(11-12-5-3-2-4-6-12)18(25)13-9-14(19)24-15(10-13)21-16(22-24)17-20-7-8-26-17/h2-10H,11,19H2,1H3. The van der Waals surface area contributed by atoms with Crippen LogP contribution in [0.2, 0.25) is 0 Å². The molecule has 0 spiro atoms. The van der Waals surface area contributed by atoms with Crippen molar-refractivity contribution in [3.05, 3.63) is 65.2 Å². The Kier molecular flexibility index (Phi) is 4.10. The lowest BCUT2D eigenvalue weighted by Crippen LogP contribution is -2.26. The van der Waals surface area contributed by atoms with Crippen LogP contribution in [0.25, 0.3) is 16.5 Å². The zero-order chi connectivity index (χ0) is 18.1. The van der Waals surface area contributed by atoms with E-state index in [9.17, 15) is 4.79 Å². The van der Waals surface area contributed by atoms with Crippen molar-refractivity contribution >= 4 is 28.7 Å². The number of thiazole rings is 1. The van der Waals surface area contributed by atoms with Crippen molar-refractivity contribution < 1.29 is 4.79 Å². The van der Waals surface area contributed by atoms with Gasteiger partial charge < -0.3 is 10.6 Å². The number of benzene rings is 1. The first kappa shape index (κ1) is 16.2. The molecule has 2 N–H and O–H groups in total. The van der Waals surface area contributed by atoms with Crippen LogP contribution >= 0.6 is 11.3 Å². The van der Waals surface area contributed by atoms with Crippen LogP contribution in [-0.4, -0.2) is 37.4 Å². The molecule has 8 heteroatoms. The number of carbonyl (C=O) groups excluding carboxylic acids is 1. The molecule has 3 aromatic heterocycles. The molecule has 0 aliphatic heterocycles. The molecule has 0 unspecified atom stereocenters. The molecule has 4 aromatic rings. The fourth-order valence-electron chi connectivity index (χ4n) is 2.71. The van der Waals surface area contributed by atoms with Gasteiger partial charge in [0.15, 0.2) is 10.7 Å². The van der Waals surface area contributed by atoms with Crippen molar-refractivity contribution in [2.75, 3.05) is 12.8 Å². The lowest BCUT2D eigenvalue weighted by molar-refractivity contribution is 0.0785. The second kappa shape index (κ2) is 6.57. The summed E-state index contributed by atoms with van der Waals surface area (Å²) in [6.45, 7) is 0.516. The Hall–Kier alpha value is -3.26. The Morgan fingerprint density at radius 3 is 2.81 bits per heavy atom. The van der Waals surface area contributed by atoms with Crippen molar-refractivity contribution in [2.24, 2.45) is 0 Å². The van der Waals surface area contributed by atoms with E-state index in [-0.39, 0.29) is 5.91 Å². The number of rotatable bonds is 4. The summed E-state index contributed by atoms with van der Waals surface area (Å²) >= 11 is 1.45. The Labute approximate surface area is 153 Å². The van der Waals surface area contributed by atoms with E-state index in [2.05, 4.69) is 15.1 Å². The van der Waals surface area contributed by atoms with Crippen molar-refractivity contribution in [3.63, 3.8) is 0 Å². The molecule has 3 heterocycles. The second-order valence-electron chi connectivity index (χ2n) is 5.86. The first-order valence-corrected chi connectivity index (χ1v) is 8.85. The summed E-state index contributed by atoms with van der Waals surface area (Å²) in [5.74, 6) is 0.727. The van der Waals surface area contributed by atoms with Gasteiger partial charge in [0.1, 0.15) is 5.82 Å². The van der Waals surface area contributed by atoms with Gasteiger partial charge in [0.05, 0.1) is 0 Å². The Morgan fingerprint density at radius 1 is 1.27 bits per heavy atom. The summed E-state index contributed by atoms with van der Waals surface area (Å²) in [5.41, 5.74) is 8.15. The Morgan fingerprint density at radius 2 is 2.08 bits per heavy atom. The summed E-state index contributed by atoms with van der Waals surface area (Å²) in [5, 5.41) is 6.94. The molecule has 0 aliphatic carbocycles. The number of aromatic nitrogens is 4. The van der Waals surface area contributed by atoms with E-state index in [0.717, 1.165) is 5.56 Å². The number of nitrogen functional groups attached to an aromatic ring is 1. The van der Waals surface area contributed by atoms with Gasteiger partial charge in [-0.1, -0.05) is 30.3 Å². The predicted octanol–water partition coefficient (Wildman–Crippen LogP) is 2.71. The van der Waals surface area contributed by atoms with E-state index in [1.807, 2.05) is 35.7 Å². The molecule has 26 heavy (non-hydrogen) atoms. The largest absolute Gasteiger partial charge is 0.384 e. The number of hydrogen-bond donors (Lipinski definition) is 1. The highest BCUT2D eigenvalue weighted by molar-refractivity contribution is 7.13. The number of nitrogens with two attached hydrogens (primary N) is 1. The van der Waals surface area contributed by atoms with Gasteiger partial charge in [0.25, 0.3) is 5.91 Å². The zero-order valence-corrected chi connectivity index (χ0v) is 14.8. The van der Waals surface area contributed by atoms with Gasteiger partial charge in [-0.15, -0.1) is 16.4 Å². The molecular formula is C18H16N6OS. The number of nitrogens with zero attached hydrogens (tertiary/aromatic N) is 5. The van der Waals surface area contributed by atoms with Crippen LogP contribution in [0.5, 0.6) is 0 Å². The van der Waals surface area contributed by atoms with E-state index in [1.165, 1.54) is 15.9 Å². The van der Waals surface area contributed by atoms with E-state index >= 15 is 0 Å². The highest BCUT2D eigenvalue weighted by Gasteiger charge is 2.17. The van der Waals surface area contributed by atoms with Gasteiger partial charge in [0, 0.05) is 30.7 Å². The highest BCUT2D eigenvalue weighted by atomic mass is 32.1. The molecule has 0 bridgehead atoms. The smallest absolute Gasteiger partial charge is 0.254 e. The maximum atomic E-state index is 12.8. The number of amides is 1. The van der Waals surface area contributed by atoms with Crippen molar-refractivity contribution in [1.29, 1.82) is 0 Å². The van der Waals surface area contributed by atoms with Gasteiger partial charge in [-0.2, -0.15) is 4.52 Å². The van der Waals surface area contributed by atoms with E-state index in [1.54, 1.807) is 30.3 Å². The van der Waals surface area contributed by atoms with Gasteiger partial charge in [-0.3, -0.25) is 4.79 Å². The van der Waals surface area contributed by atoms with E-state index in [4.69, 9.17) is 5.73 Å². The average Bonchev–Trinajstić information content (AvgIpc) is 3.31. The van der Waals surface area contributed by atoms with Crippen molar-refractivity contribution in [2.45, 2.75) is 6.54 Å². The molecule has 0 radical (unpaired) electrons. The maximum absolute atomic E-state index is 12.8. The highest BCUT2D eigenvalue weighted by Crippen LogP contribution is 2.21. The predicted molar refractivity (Wildman–Crippen MR) is 101 cm³/mol. The van der Waals surface area contributed by atoms with Crippen LogP contribution < -0.4 is 5.73 Å². The van der Waals surface area contributed by atoms with Crippen LogP contribution in [-0.2, 0) is 6.54 Å². The molecule has 0 saturated heterocycles. The Balaban J connectivity index is 1.64. The van der Waals surface area contributed by atoms with Crippen LogP contribution in [0.3, 0.4) is 0 Å². The number of pyridine rings is 1. The van der Waals surface area contributed by atoms with Crippen LogP contribution in [0.15, 0.2) is 54.0 Å². The number of anilines is 1. The maximum Gasteiger partial charge on any atom is 0.254 e. The van der Waals surface area contributed by atoms with Crippen LogP contribution in [0.4, 0.5) is 5.82 Å². The third-order valence-corrected chi connectivity index (χ3v) is 4.71. The minimum Gasteiger partial charge on any atom is -0.384 e. The summed E-state index contributed by atoms with van der Waals surface area (Å²) in [6, 6.07) is 13.1. The van der Waals surface area contributed by atoms with Crippen molar-refractivity contribution in [3.8, 4) is 10.8 Å². The topological polar surface area (TPSA) is 89.4 Å². The molecule has 0 atom stereocenters. The lowest BCUT2D eigenvalue weighted by atomic mass is 10.2. The zero-order valence-electron chi connectivity index (χ0n) is 14.0. The molecule has 0 aliphatic rings. The number of fused-ring (bicyclic) bond motifs is 1. The van der Waals surface area contributed by atoms with Crippen molar-refractivity contribution in [1.82, 2.24) is 24.5 Å². The van der Waals surface area contributed by atoms with E-state index < -0.39 is 0 Å². The monoisotopic (exact) mass is 364 g/mol. The molecule has 1 amide bonds. The number of carbonyl (C=O) groups is 1. The minimum absolute atomic E-state index is 0.123. The molecule has 130 valence electrons. The summed E-state index contributed by atoms with van der Waals surface area (Å²) in [4.78, 5) is 23.1. The van der Waals surface area contributed by atoms with Gasteiger partial charge in [-0.25, -0.2) is 9.97 Å². The van der Waals surface area contributed by atoms with Gasteiger partial charge in [0.2, 0.25) is 5.82 Å². The quantitative estimate of drug-likeness (QED) is 0.601. The average molecular weight is 364 g/mol. The fourth-order valence-corrected chi connectivity index (χ4v) is 3.27. The molecule has 0 fully saturated rings. The lowest BCUT2D eigenvalue weighted by Gasteiger charge is -2.17. The summed E-state index contributed by atoms with van der Waals surface area (Å²) in [6.07, 6.45) is 1.70. The molecule has 0 saturated carbocycles. The number of hydrogen-bond acceptors (Lipinski definition) is 6. The Bertz CT molecular complexity index is 1060. The normalized spacial score (nSPS) is 11.0. The van der Waals surface area contributed by atoms with Gasteiger partial charge in [-0.05, 0) is 17.7 Å². The van der Waals surface area contributed by atoms with Crippen LogP contribution in [0.1, 0.15) is 15.9 Å². The first-order chi connectivity index (χ1) is 12.6. The third-order valence-electron chi connectivity index (χ3n) is 3.94. The summed E-state index contributed by atoms with van der Waals surface area (Å²) < 4.78 is 1.52. The molecule has 4 rings (SSSR count). The van der Waals surface area contributed by atoms with E-state index in [0.29, 0.717) is 34.4 Å². The molecular weight excluding hydrogens is 348 g/mol. The van der Waals surface area contributed by atoms with Gasteiger partial charge >= 0.3 is 0 Å². The first-order valence-electron chi connectivity index (χ1n) is 7.97. The molecule has 1 aromatic carbocycles.